The molecule has 2 heterocycles. The van der Waals surface area contributed by atoms with E-state index < -0.39 is 0 Å². The summed E-state index contributed by atoms with van der Waals surface area (Å²) in [5, 5.41) is 7.58. The number of carbonyl (C=O) groups excluding carboxylic acids is 1. The zero-order valence-electron chi connectivity index (χ0n) is 18.7. The van der Waals surface area contributed by atoms with Crippen LogP contribution in [0.4, 0.5) is 0 Å². The maximum atomic E-state index is 12.9. The van der Waals surface area contributed by atoms with E-state index in [0.29, 0.717) is 47.7 Å². The van der Waals surface area contributed by atoms with Gasteiger partial charge in [0.05, 0.1) is 33.5 Å². The highest BCUT2D eigenvalue weighted by Crippen LogP contribution is 2.22. The van der Waals surface area contributed by atoms with Crippen LogP contribution in [0.2, 0.25) is 0 Å². The van der Waals surface area contributed by atoms with E-state index in [-0.39, 0.29) is 11.5 Å². The molecule has 170 valence electrons. The molecule has 33 heavy (non-hydrogen) atoms. The van der Waals surface area contributed by atoms with Crippen LogP contribution < -0.4 is 20.3 Å². The Bertz CT molecular complexity index is 1340. The maximum Gasteiger partial charge on any atom is 0.264 e. The molecule has 0 bridgehead atoms. The van der Waals surface area contributed by atoms with Crippen LogP contribution in [-0.2, 0) is 13.1 Å². The summed E-state index contributed by atoms with van der Waals surface area (Å²) in [6.07, 6.45) is 3.06. The van der Waals surface area contributed by atoms with E-state index in [1.54, 1.807) is 27.4 Å². The third-order valence-electron chi connectivity index (χ3n) is 5.45. The van der Waals surface area contributed by atoms with Crippen molar-refractivity contribution in [2.45, 2.75) is 20.0 Å². The van der Waals surface area contributed by atoms with E-state index in [9.17, 15) is 9.59 Å². The minimum atomic E-state index is -0.266. The summed E-state index contributed by atoms with van der Waals surface area (Å²) in [6, 6.07) is 12.9. The Hall–Kier alpha value is -4.14. The summed E-state index contributed by atoms with van der Waals surface area (Å²) in [5.41, 5.74) is 2.93. The summed E-state index contributed by atoms with van der Waals surface area (Å²) in [6.45, 7) is 3.13. The average Bonchev–Trinajstić information content (AvgIpc) is 3.25. The fourth-order valence-corrected chi connectivity index (χ4v) is 3.56. The first-order valence-corrected chi connectivity index (χ1v) is 10.5. The van der Waals surface area contributed by atoms with Gasteiger partial charge >= 0.3 is 0 Å². The SMILES string of the molecule is COc1cc(OC)cc(C(=O)NCCn2ncc3c(=O)n(Cc4ccccc4C)cnc32)c1. The Kier molecular flexibility index (Phi) is 6.39. The smallest absolute Gasteiger partial charge is 0.264 e. The van der Waals surface area contributed by atoms with Crippen LogP contribution in [0.3, 0.4) is 0 Å². The van der Waals surface area contributed by atoms with Gasteiger partial charge in [0.25, 0.3) is 11.5 Å². The molecule has 0 saturated carbocycles. The van der Waals surface area contributed by atoms with E-state index in [1.165, 1.54) is 26.7 Å². The van der Waals surface area contributed by atoms with Crippen molar-refractivity contribution in [1.29, 1.82) is 0 Å². The number of rotatable bonds is 8. The van der Waals surface area contributed by atoms with E-state index in [1.807, 2.05) is 31.2 Å². The number of hydrogen-bond acceptors (Lipinski definition) is 6. The molecule has 0 unspecified atom stereocenters. The van der Waals surface area contributed by atoms with Crippen molar-refractivity contribution >= 4 is 16.9 Å². The van der Waals surface area contributed by atoms with Crippen molar-refractivity contribution in [1.82, 2.24) is 24.6 Å². The molecule has 0 atom stereocenters. The van der Waals surface area contributed by atoms with Crippen LogP contribution in [0.25, 0.3) is 11.0 Å². The van der Waals surface area contributed by atoms with Gasteiger partial charge < -0.3 is 14.8 Å². The van der Waals surface area contributed by atoms with Crippen LogP contribution in [0, 0.1) is 6.92 Å². The summed E-state index contributed by atoms with van der Waals surface area (Å²) in [5.74, 6) is 0.796. The zero-order valence-corrected chi connectivity index (χ0v) is 18.7. The molecule has 0 aliphatic heterocycles. The largest absolute Gasteiger partial charge is 0.497 e. The van der Waals surface area contributed by atoms with Gasteiger partial charge in [0.15, 0.2) is 5.65 Å². The standard InChI is InChI=1S/C24H25N5O4/c1-16-6-4-5-7-17(16)14-28-15-26-22-21(24(28)31)13-27-29(22)9-8-25-23(30)18-10-19(32-2)12-20(11-18)33-3/h4-7,10-13,15H,8-9,14H2,1-3H3,(H,25,30). The van der Waals surface area contributed by atoms with Gasteiger partial charge in [-0.15, -0.1) is 0 Å². The minimum Gasteiger partial charge on any atom is -0.497 e. The van der Waals surface area contributed by atoms with Gasteiger partial charge in [-0.3, -0.25) is 14.2 Å². The third-order valence-corrected chi connectivity index (χ3v) is 5.45. The Morgan fingerprint density at radius 2 is 1.82 bits per heavy atom. The third kappa shape index (κ3) is 4.72. The summed E-state index contributed by atoms with van der Waals surface area (Å²) >= 11 is 0. The number of methoxy groups -OCH3 is 2. The molecule has 0 saturated heterocycles. The first kappa shape index (κ1) is 22.1. The molecule has 0 fully saturated rings. The highest BCUT2D eigenvalue weighted by Gasteiger charge is 2.13. The van der Waals surface area contributed by atoms with E-state index in [2.05, 4.69) is 15.4 Å². The second-order valence-electron chi connectivity index (χ2n) is 7.57. The normalized spacial score (nSPS) is 10.9. The topological polar surface area (TPSA) is 100 Å². The number of amides is 1. The second-order valence-corrected chi connectivity index (χ2v) is 7.57. The molecule has 0 aliphatic rings. The summed E-state index contributed by atoms with van der Waals surface area (Å²) < 4.78 is 13.6. The quantitative estimate of drug-likeness (QED) is 0.445. The summed E-state index contributed by atoms with van der Waals surface area (Å²) in [7, 11) is 3.06. The molecule has 9 heteroatoms. The average molecular weight is 447 g/mol. The molecule has 0 aliphatic carbocycles. The van der Waals surface area contributed by atoms with Gasteiger partial charge in [-0.25, -0.2) is 9.67 Å². The minimum absolute atomic E-state index is 0.151. The van der Waals surface area contributed by atoms with Gasteiger partial charge in [-0.1, -0.05) is 24.3 Å². The lowest BCUT2D eigenvalue weighted by molar-refractivity contribution is 0.0951. The van der Waals surface area contributed by atoms with Crippen molar-refractivity contribution in [2.75, 3.05) is 20.8 Å². The number of hydrogen-bond donors (Lipinski definition) is 1. The van der Waals surface area contributed by atoms with E-state index >= 15 is 0 Å². The monoisotopic (exact) mass is 447 g/mol. The molecule has 2 aromatic carbocycles. The fourth-order valence-electron chi connectivity index (χ4n) is 3.56. The Balaban J connectivity index is 1.46. The van der Waals surface area contributed by atoms with Gasteiger partial charge in [0.1, 0.15) is 23.2 Å². The van der Waals surface area contributed by atoms with E-state index in [0.717, 1.165) is 11.1 Å². The predicted molar refractivity (Wildman–Crippen MR) is 124 cm³/mol. The van der Waals surface area contributed by atoms with Gasteiger partial charge in [0.2, 0.25) is 0 Å². The Morgan fingerprint density at radius 3 is 2.52 bits per heavy atom. The molecule has 0 spiro atoms. The molecule has 1 amide bonds. The molecule has 4 aromatic rings. The van der Waals surface area contributed by atoms with Crippen LogP contribution >= 0.6 is 0 Å². The number of aryl methyl sites for hydroxylation is 1. The highest BCUT2D eigenvalue weighted by atomic mass is 16.5. The molecule has 9 nitrogen and oxygen atoms in total. The summed E-state index contributed by atoms with van der Waals surface area (Å²) in [4.78, 5) is 29.9. The van der Waals surface area contributed by atoms with Crippen molar-refractivity contribution in [3.63, 3.8) is 0 Å². The number of carbonyl (C=O) groups is 1. The zero-order chi connectivity index (χ0) is 23.4. The first-order valence-electron chi connectivity index (χ1n) is 10.5. The lowest BCUT2D eigenvalue weighted by Crippen LogP contribution is -2.28. The molecule has 2 aromatic heterocycles. The number of aromatic nitrogens is 4. The predicted octanol–water partition coefficient (Wildman–Crippen LogP) is 2.40. The van der Waals surface area contributed by atoms with Crippen LogP contribution in [0.5, 0.6) is 11.5 Å². The Morgan fingerprint density at radius 1 is 1.09 bits per heavy atom. The highest BCUT2D eigenvalue weighted by molar-refractivity contribution is 5.95. The number of ether oxygens (including phenoxy) is 2. The first-order chi connectivity index (χ1) is 16.0. The van der Waals surface area contributed by atoms with Crippen molar-refractivity contribution < 1.29 is 14.3 Å². The number of nitrogens with one attached hydrogen (secondary N) is 1. The Labute approximate surface area is 190 Å². The van der Waals surface area contributed by atoms with Crippen molar-refractivity contribution in [3.05, 3.63) is 82.0 Å². The number of nitrogens with zero attached hydrogens (tertiary/aromatic N) is 4. The van der Waals surface area contributed by atoms with Gasteiger partial charge in [-0.2, -0.15) is 5.10 Å². The lowest BCUT2D eigenvalue weighted by Gasteiger charge is -2.10. The van der Waals surface area contributed by atoms with Crippen LogP contribution in [0.15, 0.2) is 59.8 Å². The molecular formula is C24H25N5O4. The molecule has 0 radical (unpaired) electrons. The van der Waals surface area contributed by atoms with Crippen LogP contribution in [-0.4, -0.2) is 46.0 Å². The van der Waals surface area contributed by atoms with Crippen molar-refractivity contribution in [3.8, 4) is 11.5 Å². The van der Waals surface area contributed by atoms with Gasteiger partial charge in [-0.05, 0) is 30.2 Å². The molecular weight excluding hydrogens is 422 g/mol. The number of fused-ring (bicyclic) bond motifs is 1. The second kappa shape index (κ2) is 9.56. The number of benzene rings is 2. The van der Waals surface area contributed by atoms with Gasteiger partial charge in [0, 0.05) is 18.2 Å². The van der Waals surface area contributed by atoms with Crippen LogP contribution in [0.1, 0.15) is 21.5 Å². The van der Waals surface area contributed by atoms with E-state index in [4.69, 9.17) is 9.47 Å². The maximum absolute atomic E-state index is 12.9. The lowest BCUT2D eigenvalue weighted by atomic mass is 10.1. The molecule has 4 rings (SSSR count). The van der Waals surface area contributed by atoms with Crippen molar-refractivity contribution in [2.24, 2.45) is 0 Å². The molecule has 1 N–H and O–H groups in total. The fraction of sp³-hybridized carbons (Fsp3) is 0.250.